The Bertz CT molecular complexity index is 974. The summed E-state index contributed by atoms with van der Waals surface area (Å²) in [7, 11) is 0. The van der Waals surface area contributed by atoms with Crippen LogP contribution in [0.5, 0.6) is 5.75 Å². The number of carbonyl (C=O) groups excluding carboxylic acids is 2. The SMILES string of the molecule is CCOc1ccccc1NC(=O)c1ccnc(C(=O)NCCc2ccccc2)c1. The lowest BCUT2D eigenvalue weighted by atomic mass is 10.1. The van der Waals surface area contributed by atoms with Crippen molar-refractivity contribution >= 4 is 17.5 Å². The van der Waals surface area contributed by atoms with Gasteiger partial charge in [0.05, 0.1) is 12.3 Å². The number of nitrogens with zero attached hydrogens (tertiary/aromatic N) is 1. The fourth-order valence-electron chi connectivity index (χ4n) is 2.80. The van der Waals surface area contributed by atoms with Gasteiger partial charge in [-0.25, -0.2) is 0 Å². The van der Waals surface area contributed by atoms with Crippen molar-refractivity contribution in [1.29, 1.82) is 0 Å². The van der Waals surface area contributed by atoms with E-state index in [1.54, 1.807) is 18.2 Å². The third-order valence-corrected chi connectivity index (χ3v) is 4.23. The molecule has 0 fully saturated rings. The molecule has 0 atom stereocenters. The summed E-state index contributed by atoms with van der Waals surface area (Å²) in [6, 6.07) is 20.2. The summed E-state index contributed by atoms with van der Waals surface area (Å²) >= 11 is 0. The lowest BCUT2D eigenvalue weighted by Gasteiger charge is -2.11. The van der Waals surface area contributed by atoms with Crippen molar-refractivity contribution < 1.29 is 14.3 Å². The number of pyridine rings is 1. The van der Waals surface area contributed by atoms with E-state index in [2.05, 4.69) is 15.6 Å². The van der Waals surface area contributed by atoms with Crippen molar-refractivity contribution in [2.75, 3.05) is 18.5 Å². The summed E-state index contributed by atoms with van der Waals surface area (Å²) in [6.07, 6.45) is 2.18. The van der Waals surface area contributed by atoms with E-state index in [1.165, 1.54) is 12.3 Å². The highest BCUT2D eigenvalue weighted by atomic mass is 16.5. The first kappa shape index (κ1) is 20.1. The molecule has 2 amide bonds. The molecular formula is C23H23N3O3. The van der Waals surface area contributed by atoms with Crippen LogP contribution in [0.15, 0.2) is 72.9 Å². The average molecular weight is 389 g/mol. The first-order valence-corrected chi connectivity index (χ1v) is 9.48. The number of ether oxygens (including phenoxy) is 1. The maximum atomic E-state index is 12.6. The van der Waals surface area contributed by atoms with Crippen LogP contribution in [0.1, 0.15) is 33.3 Å². The number of hydrogen-bond acceptors (Lipinski definition) is 4. The van der Waals surface area contributed by atoms with Gasteiger partial charge in [-0.3, -0.25) is 14.6 Å². The van der Waals surface area contributed by atoms with E-state index >= 15 is 0 Å². The molecule has 3 aromatic rings. The topological polar surface area (TPSA) is 80.3 Å². The van der Waals surface area contributed by atoms with E-state index < -0.39 is 0 Å². The molecule has 0 radical (unpaired) electrons. The van der Waals surface area contributed by atoms with E-state index in [-0.39, 0.29) is 17.5 Å². The van der Waals surface area contributed by atoms with Crippen molar-refractivity contribution in [2.45, 2.75) is 13.3 Å². The molecule has 6 nitrogen and oxygen atoms in total. The zero-order valence-electron chi connectivity index (χ0n) is 16.2. The molecule has 2 aromatic carbocycles. The Morgan fingerprint density at radius 3 is 2.52 bits per heavy atom. The summed E-state index contributed by atoms with van der Waals surface area (Å²) in [5, 5.41) is 5.66. The number of benzene rings is 2. The average Bonchev–Trinajstić information content (AvgIpc) is 2.76. The second-order valence-electron chi connectivity index (χ2n) is 6.30. The molecular weight excluding hydrogens is 366 g/mol. The summed E-state index contributed by atoms with van der Waals surface area (Å²) in [5.74, 6) is -0.0560. The first-order valence-electron chi connectivity index (χ1n) is 9.48. The zero-order chi connectivity index (χ0) is 20.5. The van der Waals surface area contributed by atoms with Crippen LogP contribution in [-0.4, -0.2) is 29.9 Å². The van der Waals surface area contributed by atoms with Gasteiger partial charge in [0.2, 0.25) is 0 Å². The van der Waals surface area contributed by atoms with Crippen LogP contribution >= 0.6 is 0 Å². The van der Waals surface area contributed by atoms with Crippen LogP contribution in [0.4, 0.5) is 5.69 Å². The molecule has 1 aromatic heterocycles. The highest BCUT2D eigenvalue weighted by molar-refractivity contribution is 6.06. The van der Waals surface area contributed by atoms with Gasteiger partial charge in [0.25, 0.3) is 11.8 Å². The molecule has 0 saturated carbocycles. The molecule has 6 heteroatoms. The Balaban J connectivity index is 1.62. The van der Waals surface area contributed by atoms with E-state index in [1.807, 2.05) is 49.4 Å². The predicted octanol–water partition coefficient (Wildman–Crippen LogP) is 3.71. The van der Waals surface area contributed by atoms with Crippen LogP contribution in [0, 0.1) is 0 Å². The lowest BCUT2D eigenvalue weighted by molar-refractivity contribution is 0.0949. The monoisotopic (exact) mass is 389 g/mol. The highest BCUT2D eigenvalue weighted by Gasteiger charge is 2.13. The minimum Gasteiger partial charge on any atom is -0.492 e. The lowest BCUT2D eigenvalue weighted by Crippen LogP contribution is -2.27. The second kappa shape index (κ2) is 10.0. The minimum absolute atomic E-state index is 0.198. The standard InChI is InChI=1S/C23H23N3O3/c1-2-29-21-11-7-6-10-19(21)26-22(27)18-13-15-24-20(16-18)23(28)25-14-12-17-8-4-3-5-9-17/h3-11,13,15-16H,2,12,14H2,1H3,(H,25,28)(H,26,27). The van der Waals surface area contributed by atoms with Gasteiger partial charge in [-0.15, -0.1) is 0 Å². The molecule has 0 spiro atoms. The van der Waals surface area contributed by atoms with Gasteiger partial charge in [0.1, 0.15) is 11.4 Å². The van der Waals surface area contributed by atoms with Crippen molar-refractivity contribution in [1.82, 2.24) is 10.3 Å². The Morgan fingerprint density at radius 1 is 0.966 bits per heavy atom. The van der Waals surface area contributed by atoms with Crippen LogP contribution in [0.2, 0.25) is 0 Å². The first-order chi connectivity index (χ1) is 14.2. The second-order valence-corrected chi connectivity index (χ2v) is 6.30. The molecule has 1 heterocycles. The van der Waals surface area contributed by atoms with Crippen LogP contribution in [0.25, 0.3) is 0 Å². The fourth-order valence-corrected chi connectivity index (χ4v) is 2.80. The van der Waals surface area contributed by atoms with Crippen LogP contribution in [0.3, 0.4) is 0 Å². The van der Waals surface area contributed by atoms with Gasteiger partial charge in [-0.1, -0.05) is 42.5 Å². The van der Waals surface area contributed by atoms with Crippen LogP contribution in [-0.2, 0) is 6.42 Å². The normalized spacial score (nSPS) is 10.2. The molecule has 0 aliphatic carbocycles. The van der Waals surface area contributed by atoms with Gasteiger partial charge >= 0.3 is 0 Å². The molecule has 0 aliphatic rings. The Labute approximate surface area is 169 Å². The smallest absolute Gasteiger partial charge is 0.269 e. The highest BCUT2D eigenvalue weighted by Crippen LogP contribution is 2.24. The number of carbonyl (C=O) groups is 2. The largest absolute Gasteiger partial charge is 0.492 e. The Morgan fingerprint density at radius 2 is 1.72 bits per heavy atom. The van der Waals surface area contributed by atoms with Gasteiger partial charge in [-0.05, 0) is 43.2 Å². The van der Waals surface area contributed by atoms with E-state index in [0.717, 1.165) is 12.0 Å². The summed E-state index contributed by atoms with van der Waals surface area (Å²) < 4.78 is 5.53. The number of amides is 2. The summed E-state index contributed by atoms with van der Waals surface area (Å²) in [6.45, 7) is 2.86. The number of rotatable bonds is 8. The summed E-state index contributed by atoms with van der Waals surface area (Å²) in [5.41, 5.74) is 2.26. The number of nitrogens with one attached hydrogen (secondary N) is 2. The molecule has 0 aliphatic heterocycles. The third-order valence-electron chi connectivity index (χ3n) is 4.23. The predicted molar refractivity (Wildman–Crippen MR) is 112 cm³/mol. The molecule has 0 saturated heterocycles. The van der Waals surface area contributed by atoms with Crippen molar-refractivity contribution in [3.63, 3.8) is 0 Å². The molecule has 3 rings (SSSR count). The van der Waals surface area contributed by atoms with Gasteiger partial charge in [0.15, 0.2) is 0 Å². The van der Waals surface area contributed by atoms with Gasteiger partial charge in [-0.2, -0.15) is 0 Å². The molecule has 29 heavy (non-hydrogen) atoms. The van der Waals surface area contributed by atoms with E-state index in [4.69, 9.17) is 4.74 Å². The summed E-state index contributed by atoms with van der Waals surface area (Å²) in [4.78, 5) is 29.1. The fraction of sp³-hybridized carbons (Fsp3) is 0.174. The minimum atomic E-state index is -0.335. The molecule has 148 valence electrons. The Hall–Kier alpha value is -3.67. The van der Waals surface area contributed by atoms with Gasteiger partial charge in [0, 0.05) is 18.3 Å². The van der Waals surface area contributed by atoms with Crippen LogP contribution < -0.4 is 15.4 Å². The number of anilines is 1. The number of para-hydroxylation sites is 2. The Kier molecular flexibility index (Phi) is 6.95. The maximum absolute atomic E-state index is 12.6. The molecule has 0 bridgehead atoms. The van der Waals surface area contributed by atoms with Gasteiger partial charge < -0.3 is 15.4 Å². The van der Waals surface area contributed by atoms with Crippen molar-refractivity contribution in [3.8, 4) is 5.75 Å². The van der Waals surface area contributed by atoms with Crippen molar-refractivity contribution in [2.24, 2.45) is 0 Å². The van der Waals surface area contributed by atoms with E-state index in [9.17, 15) is 9.59 Å². The zero-order valence-corrected chi connectivity index (χ0v) is 16.2. The third kappa shape index (κ3) is 5.65. The number of aromatic nitrogens is 1. The molecule has 0 unspecified atom stereocenters. The maximum Gasteiger partial charge on any atom is 0.269 e. The quantitative estimate of drug-likeness (QED) is 0.616. The molecule has 2 N–H and O–H groups in total. The van der Waals surface area contributed by atoms with Crippen molar-refractivity contribution in [3.05, 3.63) is 89.7 Å². The number of hydrogen-bond donors (Lipinski definition) is 2. The van der Waals surface area contributed by atoms with E-state index in [0.29, 0.717) is 30.2 Å².